The number of aryl methyl sites for hydroxylation is 2. The highest BCUT2D eigenvalue weighted by atomic mass is 15.3. The number of aromatic nitrogens is 2. The Hall–Kier alpha value is -1.50. The standard InChI is InChI=1S/C11H18N4/c1-9-10(13)7-15(14-9)6-4-5-11(2,3)8-12/h7H,4-6,13H2,1-3H3. The minimum atomic E-state index is -0.242. The summed E-state index contributed by atoms with van der Waals surface area (Å²) in [5.41, 5.74) is 7.05. The Morgan fingerprint density at radius 2 is 2.27 bits per heavy atom. The van der Waals surface area contributed by atoms with Crippen molar-refractivity contribution < 1.29 is 0 Å². The number of nitriles is 1. The van der Waals surface area contributed by atoms with E-state index in [0.717, 1.165) is 30.8 Å². The predicted molar refractivity (Wildman–Crippen MR) is 60.0 cm³/mol. The van der Waals surface area contributed by atoms with Crippen molar-refractivity contribution in [2.45, 2.75) is 40.2 Å². The predicted octanol–water partition coefficient (Wildman–Crippen LogP) is 2.10. The number of nitrogens with zero attached hydrogens (tertiary/aromatic N) is 3. The van der Waals surface area contributed by atoms with Gasteiger partial charge in [0.1, 0.15) is 0 Å². The minimum Gasteiger partial charge on any atom is -0.396 e. The van der Waals surface area contributed by atoms with Gasteiger partial charge in [-0.1, -0.05) is 0 Å². The molecule has 82 valence electrons. The number of nitrogens with two attached hydrogens (primary N) is 1. The first kappa shape index (κ1) is 11.6. The molecule has 4 nitrogen and oxygen atoms in total. The Bertz CT molecular complexity index is 351. The summed E-state index contributed by atoms with van der Waals surface area (Å²) in [6.07, 6.45) is 3.66. The van der Waals surface area contributed by atoms with Crippen LogP contribution in [0.5, 0.6) is 0 Å². The average Bonchev–Trinajstić information content (AvgIpc) is 2.46. The van der Waals surface area contributed by atoms with Gasteiger partial charge in [0.25, 0.3) is 0 Å². The van der Waals surface area contributed by atoms with E-state index < -0.39 is 0 Å². The molecule has 0 radical (unpaired) electrons. The third-order valence-electron chi connectivity index (χ3n) is 2.48. The molecule has 0 spiro atoms. The number of hydrogen-bond donors (Lipinski definition) is 1. The number of anilines is 1. The SMILES string of the molecule is Cc1nn(CCCC(C)(C)C#N)cc1N. The molecule has 0 amide bonds. The van der Waals surface area contributed by atoms with Crippen molar-refractivity contribution in [1.82, 2.24) is 9.78 Å². The smallest absolute Gasteiger partial charge is 0.0822 e. The van der Waals surface area contributed by atoms with Crippen LogP contribution in [0.3, 0.4) is 0 Å². The van der Waals surface area contributed by atoms with Gasteiger partial charge in [0.05, 0.1) is 22.9 Å². The third-order valence-corrected chi connectivity index (χ3v) is 2.48. The van der Waals surface area contributed by atoms with Gasteiger partial charge in [0, 0.05) is 12.7 Å². The van der Waals surface area contributed by atoms with E-state index in [1.165, 1.54) is 0 Å². The van der Waals surface area contributed by atoms with Crippen molar-refractivity contribution in [2.24, 2.45) is 5.41 Å². The fourth-order valence-corrected chi connectivity index (χ4v) is 1.39. The van der Waals surface area contributed by atoms with Crippen LogP contribution in [0, 0.1) is 23.7 Å². The summed E-state index contributed by atoms with van der Waals surface area (Å²) in [6, 6.07) is 2.29. The number of rotatable bonds is 4. The molecule has 0 atom stereocenters. The van der Waals surface area contributed by atoms with Gasteiger partial charge in [0.2, 0.25) is 0 Å². The van der Waals surface area contributed by atoms with Crippen LogP contribution < -0.4 is 5.73 Å². The molecule has 1 heterocycles. The van der Waals surface area contributed by atoms with Gasteiger partial charge in [-0.05, 0) is 33.6 Å². The first-order chi connectivity index (χ1) is 6.94. The molecule has 0 saturated carbocycles. The maximum absolute atomic E-state index is 8.85. The lowest BCUT2D eigenvalue weighted by molar-refractivity contribution is 0.407. The van der Waals surface area contributed by atoms with Crippen molar-refractivity contribution in [3.8, 4) is 6.07 Å². The quantitative estimate of drug-likeness (QED) is 0.820. The van der Waals surface area contributed by atoms with Crippen LogP contribution in [0.1, 0.15) is 32.4 Å². The third kappa shape index (κ3) is 3.28. The normalized spacial score (nSPS) is 11.3. The molecule has 0 aliphatic rings. The van der Waals surface area contributed by atoms with E-state index in [9.17, 15) is 0 Å². The molecule has 0 unspecified atom stereocenters. The van der Waals surface area contributed by atoms with Gasteiger partial charge in [-0.2, -0.15) is 10.4 Å². The van der Waals surface area contributed by atoms with Crippen LogP contribution in [-0.4, -0.2) is 9.78 Å². The molecule has 1 rings (SSSR count). The molecule has 1 aromatic heterocycles. The van der Waals surface area contributed by atoms with Crippen molar-refractivity contribution in [3.05, 3.63) is 11.9 Å². The van der Waals surface area contributed by atoms with Crippen LogP contribution in [0.15, 0.2) is 6.20 Å². The van der Waals surface area contributed by atoms with Gasteiger partial charge in [-0.25, -0.2) is 0 Å². The van der Waals surface area contributed by atoms with E-state index in [-0.39, 0.29) is 5.41 Å². The summed E-state index contributed by atoms with van der Waals surface area (Å²) < 4.78 is 1.85. The summed E-state index contributed by atoms with van der Waals surface area (Å²) in [6.45, 7) is 6.62. The molecule has 0 saturated heterocycles. The monoisotopic (exact) mass is 206 g/mol. The molecular weight excluding hydrogens is 188 g/mol. The van der Waals surface area contributed by atoms with E-state index in [1.54, 1.807) is 0 Å². The highest BCUT2D eigenvalue weighted by molar-refractivity contribution is 5.39. The zero-order chi connectivity index (χ0) is 11.5. The Balaban J connectivity index is 2.42. The van der Waals surface area contributed by atoms with Gasteiger partial charge in [0.15, 0.2) is 0 Å². The molecule has 2 N–H and O–H groups in total. The summed E-state index contributed by atoms with van der Waals surface area (Å²) >= 11 is 0. The van der Waals surface area contributed by atoms with Crippen molar-refractivity contribution >= 4 is 5.69 Å². The van der Waals surface area contributed by atoms with Crippen molar-refractivity contribution in [1.29, 1.82) is 5.26 Å². The Morgan fingerprint density at radius 3 is 2.73 bits per heavy atom. The van der Waals surface area contributed by atoms with Crippen LogP contribution in [0.4, 0.5) is 5.69 Å². The van der Waals surface area contributed by atoms with Crippen molar-refractivity contribution in [2.75, 3.05) is 5.73 Å². The van der Waals surface area contributed by atoms with Crippen LogP contribution in [-0.2, 0) is 6.54 Å². The van der Waals surface area contributed by atoms with E-state index in [2.05, 4.69) is 11.2 Å². The molecule has 0 aliphatic carbocycles. The van der Waals surface area contributed by atoms with Gasteiger partial charge in [-0.15, -0.1) is 0 Å². The molecular formula is C11H18N4. The summed E-state index contributed by atoms with van der Waals surface area (Å²) in [5, 5.41) is 13.1. The zero-order valence-electron chi connectivity index (χ0n) is 9.62. The molecule has 0 bridgehead atoms. The first-order valence-corrected chi connectivity index (χ1v) is 5.15. The van der Waals surface area contributed by atoms with Crippen molar-refractivity contribution in [3.63, 3.8) is 0 Å². The second-order valence-electron chi connectivity index (χ2n) is 4.53. The van der Waals surface area contributed by atoms with E-state index in [0.29, 0.717) is 0 Å². The molecule has 0 aliphatic heterocycles. The number of hydrogen-bond acceptors (Lipinski definition) is 3. The lowest BCUT2D eigenvalue weighted by Gasteiger charge is -2.14. The van der Waals surface area contributed by atoms with Crippen LogP contribution in [0.2, 0.25) is 0 Å². The Morgan fingerprint density at radius 1 is 1.60 bits per heavy atom. The highest BCUT2D eigenvalue weighted by Gasteiger charge is 2.15. The molecule has 0 fully saturated rings. The second kappa shape index (κ2) is 4.35. The fourth-order valence-electron chi connectivity index (χ4n) is 1.39. The summed E-state index contributed by atoms with van der Waals surface area (Å²) in [5.74, 6) is 0. The van der Waals surface area contributed by atoms with Crippen LogP contribution >= 0.6 is 0 Å². The van der Waals surface area contributed by atoms with Crippen LogP contribution in [0.25, 0.3) is 0 Å². The van der Waals surface area contributed by atoms with E-state index >= 15 is 0 Å². The second-order valence-corrected chi connectivity index (χ2v) is 4.53. The highest BCUT2D eigenvalue weighted by Crippen LogP contribution is 2.21. The minimum absolute atomic E-state index is 0.242. The first-order valence-electron chi connectivity index (χ1n) is 5.15. The average molecular weight is 206 g/mol. The topological polar surface area (TPSA) is 67.6 Å². The number of nitrogen functional groups attached to an aromatic ring is 1. The summed E-state index contributed by atoms with van der Waals surface area (Å²) in [4.78, 5) is 0. The van der Waals surface area contributed by atoms with E-state index in [1.807, 2.05) is 31.6 Å². The lowest BCUT2D eigenvalue weighted by atomic mass is 9.90. The Kier molecular flexibility index (Phi) is 3.35. The van der Waals surface area contributed by atoms with E-state index in [4.69, 9.17) is 11.0 Å². The van der Waals surface area contributed by atoms with Gasteiger partial charge < -0.3 is 5.73 Å². The van der Waals surface area contributed by atoms with Gasteiger partial charge >= 0.3 is 0 Å². The summed E-state index contributed by atoms with van der Waals surface area (Å²) in [7, 11) is 0. The largest absolute Gasteiger partial charge is 0.396 e. The molecule has 4 heteroatoms. The Labute approximate surface area is 90.7 Å². The zero-order valence-corrected chi connectivity index (χ0v) is 9.62. The lowest BCUT2D eigenvalue weighted by Crippen LogP contribution is -2.09. The molecule has 0 aromatic carbocycles. The maximum Gasteiger partial charge on any atom is 0.0822 e. The molecule has 1 aromatic rings. The molecule has 15 heavy (non-hydrogen) atoms. The fraction of sp³-hybridized carbons (Fsp3) is 0.636. The van der Waals surface area contributed by atoms with Gasteiger partial charge in [-0.3, -0.25) is 4.68 Å². The maximum atomic E-state index is 8.85.